The number of carbonyl (C=O) groups excluding carboxylic acids is 7. The monoisotopic (exact) mass is 868 g/mol. The smallest absolute Gasteiger partial charge is 0.312 e. The molecule has 3 rings (SSSR count). The summed E-state index contributed by atoms with van der Waals surface area (Å²) in [4.78, 5) is 99.5. The molecule has 0 N–H and O–H groups in total. The fourth-order valence-electron chi connectivity index (χ4n) is 6.30. The van der Waals surface area contributed by atoms with Crippen LogP contribution in [0.15, 0.2) is 24.3 Å². The zero-order valence-electron chi connectivity index (χ0n) is 33.7. The van der Waals surface area contributed by atoms with Gasteiger partial charge in [0.05, 0.1) is 47.3 Å². The third kappa shape index (κ3) is 11.4. The molecule has 2 aliphatic rings. The van der Waals surface area contributed by atoms with E-state index in [9.17, 15) is 33.6 Å². The molecule has 2 saturated heterocycles. The highest BCUT2D eigenvalue weighted by molar-refractivity contribution is 8.47. The summed E-state index contributed by atoms with van der Waals surface area (Å²) < 4.78 is 11.2. The molecule has 0 aromatic heterocycles. The fraction of sp³-hybridized carbons (Fsp3) is 0.650. The molecule has 2 aliphatic heterocycles. The minimum Gasteiger partial charge on any atom is -0.465 e. The van der Waals surface area contributed by atoms with E-state index in [1.54, 1.807) is 27.7 Å². The van der Waals surface area contributed by atoms with Crippen LogP contribution in [0.25, 0.3) is 0 Å². The van der Waals surface area contributed by atoms with E-state index in [1.807, 2.05) is 20.8 Å². The van der Waals surface area contributed by atoms with Crippen molar-refractivity contribution in [2.75, 3.05) is 34.5 Å². The summed E-state index contributed by atoms with van der Waals surface area (Å²) in [7, 11) is 0. The van der Waals surface area contributed by atoms with Gasteiger partial charge in [-0.2, -0.15) is 0 Å². The van der Waals surface area contributed by atoms with E-state index in [4.69, 9.17) is 21.7 Å². The number of esters is 2. The third-order valence-corrected chi connectivity index (χ3v) is 15.0. The molecule has 16 heteroatoms. The molecule has 0 saturated carbocycles. The number of hydrogen-bond acceptors (Lipinski definition) is 14. The Labute approximate surface area is 354 Å². The number of rotatable bonds is 20. The van der Waals surface area contributed by atoms with Crippen molar-refractivity contribution < 1.29 is 43.0 Å². The number of nitrogens with zero attached hydrogens (tertiary/aromatic N) is 2. The molecule has 1 aromatic rings. The van der Waals surface area contributed by atoms with Gasteiger partial charge in [0.1, 0.15) is 14.0 Å². The van der Waals surface area contributed by atoms with E-state index < -0.39 is 68.7 Å². The van der Waals surface area contributed by atoms with Crippen molar-refractivity contribution in [3.05, 3.63) is 24.3 Å². The number of hydrogen-bond donors (Lipinski definition) is 0. The number of anilines is 2. The topological polar surface area (TPSA) is 144 Å². The van der Waals surface area contributed by atoms with Crippen LogP contribution in [0.4, 0.5) is 16.2 Å². The Bertz CT molecular complexity index is 1520. The maximum absolute atomic E-state index is 14.5. The maximum atomic E-state index is 14.5. The number of imide groups is 2. The number of unbranched alkanes of at least 4 members (excludes halogenated alkanes) is 4. The SMILES string of the molecule is CCCCOC(=O)C(C)(C)C1C(=O)N(c2cccc(N3C(=O)C(SC(=S)SCCCC)C(C(C)(C)C(=O)OCCCC)C3=O)c2)C(=O)C1SC(=O)SCCCC. The molecule has 4 atom stereocenters. The van der Waals surface area contributed by atoms with E-state index in [0.717, 1.165) is 89.4 Å². The number of thiocarbonyl (C=S) groups is 1. The second-order valence-electron chi connectivity index (χ2n) is 14.9. The fourth-order valence-corrected chi connectivity index (χ4v) is 11.7. The lowest BCUT2D eigenvalue weighted by Crippen LogP contribution is -2.43. The van der Waals surface area contributed by atoms with Crippen molar-refractivity contribution in [2.45, 2.75) is 117 Å². The Kier molecular flexibility index (Phi) is 18.9. The first-order valence-corrected chi connectivity index (χ1v) is 23.5. The number of ether oxygens (including phenoxy) is 2. The molecule has 4 unspecified atom stereocenters. The molecule has 0 radical (unpaired) electrons. The van der Waals surface area contributed by atoms with E-state index in [0.29, 0.717) is 22.1 Å². The highest BCUT2D eigenvalue weighted by atomic mass is 32.2. The van der Waals surface area contributed by atoms with Crippen LogP contribution in [0, 0.1) is 22.7 Å². The summed E-state index contributed by atoms with van der Waals surface area (Å²) in [5.74, 6) is -5.00. The molecule has 0 bridgehead atoms. The van der Waals surface area contributed by atoms with Gasteiger partial charge in [0.15, 0.2) is 0 Å². The van der Waals surface area contributed by atoms with Crippen LogP contribution in [0.1, 0.15) is 107 Å². The number of amides is 4. The van der Waals surface area contributed by atoms with Gasteiger partial charge in [-0.05, 0) is 77.3 Å². The highest BCUT2D eigenvalue weighted by Gasteiger charge is 2.60. The lowest BCUT2D eigenvalue weighted by molar-refractivity contribution is -0.159. The van der Waals surface area contributed by atoms with Crippen LogP contribution in [-0.4, -0.2) is 78.8 Å². The molecule has 2 heterocycles. The summed E-state index contributed by atoms with van der Waals surface area (Å²) in [6.45, 7) is 14.6. The summed E-state index contributed by atoms with van der Waals surface area (Å²) >= 11 is 9.93. The van der Waals surface area contributed by atoms with Gasteiger partial charge in [0.2, 0.25) is 28.1 Å². The molecule has 1 aromatic carbocycles. The minimum atomic E-state index is -1.48. The Balaban J connectivity index is 2.06. The van der Waals surface area contributed by atoms with E-state index in [-0.39, 0.29) is 29.0 Å². The first-order chi connectivity index (χ1) is 26.5. The summed E-state index contributed by atoms with van der Waals surface area (Å²) in [6, 6.07) is 5.92. The first kappa shape index (κ1) is 48.0. The van der Waals surface area contributed by atoms with Gasteiger partial charge in [-0.25, -0.2) is 9.80 Å². The molecule has 310 valence electrons. The van der Waals surface area contributed by atoms with Crippen LogP contribution in [0.2, 0.25) is 0 Å². The number of carbonyl (C=O) groups is 7. The van der Waals surface area contributed by atoms with E-state index in [2.05, 4.69) is 6.92 Å². The lowest BCUT2D eigenvalue weighted by atomic mass is 9.77. The van der Waals surface area contributed by atoms with Crippen LogP contribution in [0.5, 0.6) is 0 Å². The predicted octanol–water partition coefficient (Wildman–Crippen LogP) is 9.08. The zero-order valence-corrected chi connectivity index (χ0v) is 37.8. The van der Waals surface area contributed by atoms with Gasteiger partial charge >= 0.3 is 11.9 Å². The molecule has 4 amide bonds. The average molecular weight is 869 g/mol. The molecule has 2 fully saturated rings. The van der Waals surface area contributed by atoms with Gasteiger partial charge in [-0.1, -0.05) is 107 Å². The quantitative estimate of drug-likeness (QED) is 0.0532. The Hall–Kier alpha value is -2.40. The number of benzene rings is 1. The van der Waals surface area contributed by atoms with Crippen molar-refractivity contribution in [2.24, 2.45) is 22.7 Å². The van der Waals surface area contributed by atoms with Crippen molar-refractivity contribution >= 4 is 114 Å². The van der Waals surface area contributed by atoms with Gasteiger partial charge in [-0.15, -0.1) is 11.8 Å². The van der Waals surface area contributed by atoms with E-state index >= 15 is 0 Å². The van der Waals surface area contributed by atoms with Crippen molar-refractivity contribution in [3.63, 3.8) is 0 Å². The largest absolute Gasteiger partial charge is 0.465 e. The van der Waals surface area contributed by atoms with Gasteiger partial charge in [0.25, 0.3) is 0 Å². The lowest BCUT2D eigenvalue weighted by Gasteiger charge is -2.30. The maximum Gasteiger partial charge on any atom is 0.312 e. The van der Waals surface area contributed by atoms with Crippen molar-refractivity contribution in [1.29, 1.82) is 0 Å². The average Bonchev–Trinajstić information content (AvgIpc) is 3.54. The van der Waals surface area contributed by atoms with E-state index in [1.165, 1.54) is 36.0 Å². The minimum absolute atomic E-state index is 0.0592. The third-order valence-electron chi connectivity index (χ3n) is 9.80. The summed E-state index contributed by atoms with van der Waals surface area (Å²) in [5.41, 5.74) is -2.75. The predicted molar refractivity (Wildman–Crippen MR) is 233 cm³/mol. The molecule has 0 aliphatic carbocycles. The van der Waals surface area contributed by atoms with Crippen molar-refractivity contribution in [3.8, 4) is 0 Å². The molecule has 11 nitrogen and oxygen atoms in total. The standard InChI is InChI=1S/C40H56N2O9S5/c1-9-13-20-50-35(47)39(5,6)27-29(55-37(49)53-22-15-11-3)33(45)41(31(27)43)25-18-17-19-26(24-25)42-32(44)28(40(7,8)36(48)51-21-14-10-2)30(34(42)46)56-38(52)54-23-16-12-4/h17-19,24,27-30H,9-16,20-23H2,1-8H3. The Morgan fingerprint density at radius 1 is 0.643 bits per heavy atom. The summed E-state index contributed by atoms with van der Waals surface area (Å²) in [6.07, 6.45) is 6.40. The molecule has 56 heavy (non-hydrogen) atoms. The molecule has 0 spiro atoms. The van der Waals surface area contributed by atoms with Crippen LogP contribution in [0.3, 0.4) is 0 Å². The van der Waals surface area contributed by atoms with Gasteiger partial charge < -0.3 is 9.47 Å². The van der Waals surface area contributed by atoms with Gasteiger partial charge in [-0.3, -0.25) is 33.6 Å². The second-order valence-corrected chi connectivity index (χ2v) is 20.8. The first-order valence-electron chi connectivity index (χ1n) is 19.4. The zero-order chi connectivity index (χ0) is 41.8. The Morgan fingerprint density at radius 3 is 1.48 bits per heavy atom. The van der Waals surface area contributed by atoms with Gasteiger partial charge in [0, 0.05) is 5.75 Å². The molecular formula is C40H56N2O9S5. The molecular weight excluding hydrogens is 813 g/mol. The normalized spacial score (nSPS) is 20.2. The van der Waals surface area contributed by atoms with Crippen molar-refractivity contribution in [1.82, 2.24) is 0 Å². The summed E-state index contributed by atoms with van der Waals surface area (Å²) in [5, 5.41) is -2.27. The van der Waals surface area contributed by atoms with Crippen LogP contribution >= 0.6 is 59.3 Å². The highest BCUT2D eigenvalue weighted by Crippen LogP contribution is 2.48. The number of thioether (sulfide) groups is 4. The Morgan fingerprint density at radius 2 is 1.05 bits per heavy atom. The van der Waals surface area contributed by atoms with Crippen LogP contribution < -0.4 is 9.80 Å². The van der Waals surface area contributed by atoms with Crippen LogP contribution in [-0.2, 0) is 38.2 Å². The second kappa shape index (κ2) is 22.1.